The second-order valence-electron chi connectivity index (χ2n) is 7.31. The fourth-order valence-corrected chi connectivity index (χ4v) is 11.2. The molecule has 1 rings (SSSR count). The van der Waals surface area contributed by atoms with Crippen molar-refractivity contribution >= 4 is 32.3 Å². The molecule has 0 N–H and O–H groups in total. The summed E-state index contributed by atoms with van der Waals surface area (Å²) in [6, 6.07) is 0. The maximum atomic E-state index is 11.8. The van der Waals surface area contributed by atoms with Crippen molar-refractivity contribution in [3.05, 3.63) is 0 Å². The van der Waals surface area contributed by atoms with Crippen molar-refractivity contribution in [2.24, 2.45) is 0 Å². The minimum atomic E-state index is -1.61. The Bertz CT molecular complexity index is 223. The molecule has 0 aliphatic heterocycles. The van der Waals surface area contributed by atoms with Crippen molar-refractivity contribution in [1.82, 2.24) is 0 Å². The topological polar surface area (TPSA) is 17.1 Å². The normalized spacial score (nSPS) is 29.3. The average molecular weight is 332 g/mol. The molecule has 2 unspecified atom stereocenters. The molecule has 0 aromatic rings. The molecule has 1 nitrogen and oxygen atoms in total. The number of hydrogen-bond acceptors (Lipinski definition) is 1. The maximum absolute atomic E-state index is 11.8. The second kappa shape index (κ2) is 4.56. The third-order valence-electron chi connectivity index (χ3n) is 3.97. The summed E-state index contributed by atoms with van der Waals surface area (Å²) in [6.07, 6.45) is 3.22. The van der Waals surface area contributed by atoms with Crippen molar-refractivity contribution in [1.29, 1.82) is 0 Å². The van der Waals surface area contributed by atoms with E-state index in [-0.39, 0.29) is 0 Å². The summed E-state index contributed by atoms with van der Waals surface area (Å²) in [5.74, 6) is 15.4. The van der Waals surface area contributed by atoms with E-state index in [1.54, 1.807) is 0 Å². The van der Waals surface area contributed by atoms with Gasteiger partial charge in [0.25, 0.3) is 0 Å². The van der Waals surface area contributed by atoms with Crippen molar-refractivity contribution in [3.63, 3.8) is 0 Å². The van der Waals surface area contributed by atoms with Crippen LogP contribution in [0.2, 0.25) is 44.0 Å². The molecule has 0 aromatic carbocycles. The van der Waals surface area contributed by atoms with Gasteiger partial charge in [-0.05, 0) is 0 Å². The van der Waals surface area contributed by atoms with E-state index in [9.17, 15) is 4.79 Å². The molecule has 3 heteroatoms. The first-order chi connectivity index (χ1) is 6.60. The zero-order valence-electron chi connectivity index (χ0n) is 11.2. The molecule has 0 radical (unpaired) electrons. The third kappa shape index (κ3) is 3.92. The van der Waals surface area contributed by atoms with Crippen LogP contribution in [0.4, 0.5) is 0 Å². The van der Waals surface area contributed by atoms with Gasteiger partial charge in [-0.15, -0.1) is 0 Å². The molecule has 1 saturated carbocycles. The van der Waals surface area contributed by atoms with E-state index in [0.717, 1.165) is 22.3 Å². The third-order valence-corrected chi connectivity index (χ3v) is 16.1. The molecular formula is C12H26Ge2O. The van der Waals surface area contributed by atoms with E-state index in [4.69, 9.17) is 0 Å². The van der Waals surface area contributed by atoms with E-state index < -0.39 is 26.5 Å². The Morgan fingerprint density at radius 1 is 0.867 bits per heavy atom. The van der Waals surface area contributed by atoms with E-state index in [1.807, 2.05) is 0 Å². The van der Waals surface area contributed by atoms with Crippen LogP contribution in [0.25, 0.3) is 0 Å². The van der Waals surface area contributed by atoms with Gasteiger partial charge in [0.15, 0.2) is 0 Å². The fraction of sp³-hybridized carbons (Fsp3) is 0.917. The van der Waals surface area contributed by atoms with Crippen molar-refractivity contribution in [2.45, 2.75) is 63.3 Å². The molecule has 1 aliphatic rings. The molecule has 1 aliphatic carbocycles. The predicted octanol–water partition coefficient (Wildman–Crippen LogP) is 4.16. The fourth-order valence-electron chi connectivity index (χ4n) is 2.46. The van der Waals surface area contributed by atoms with Gasteiger partial charge in [0, 0.05) is 0 Å². The number of hydrogen-bond donors (Lipinski definition) is 0. The summed E-state index contributed by atoms with van der Waals surface area (Å²) in [4.78, 5) is 11.8. The number of carbonyl (C=O) groups excluding carboxylic acids is 1. The molecule has 0 bridgehead atoms. The van der Waals surface area contributed by atoms with Crippen LogP contribution < -0.4 is 0 Å². The Hall–Kier alpha value is 0.756. The first-order valence-electron chi connectivity index (χ1n) is 6.12. The van der Waals surface area contributed by atoms with Gasteiger partial charge in [-0.2, -0.15) is 0 Å². The number of ketones is 1. The van der Waals surface area contributed by atoms with Crippen LogP contribution in [0.1, 0.15) is 19.3 Å². The predicted molar refractivity (Wildman–Crippen MR) is 73.1 cm³/mol. The summed E-state index contributed by atoms with van der Waals surface area (Å²) < 4.78 is 1.61. The zero-order chi connectivity index (χ0) is 11.9. The summed E-state index contributed by atoms with van der Waals surface area (Å²) in [6.45, 7) is 0. The van der Waals surface area contributed by atoms with E-state index >= 15 is 0 Å². The first kappa shape index (κ1) is 13.8. The summed E-state index contributed by atoms with van der Waals surface area (Å²) >= 11 is -3.21. The van der Waals surface area contributed by atoms with Crippen LogP contribution in [0, 0.1) is 0 Å². The van der Waals surface area contributed by atoms with Gasteiger partial charge >= 0.3 is 100 Å². The molecule has 88 valence electrons. The molecule has 0 aromatic heterocycles. The van der Waals surface area contributed by atoms with Gasteiger partial charge in [0.1, 0.15) is 0 Å². The van der Waals surface area contributed by atoms with Crippen molar-refractivity contribution < 1.29 is 4.79 Å². The summed E-state index contributed by atoms with van der Waals surface area (Å²) in [5, 5.41) is 0. The van der Waals surface area contributed by atoms with Crippen LogP contribution in [0.5, 0.6) is 0 Å². The SMILES string of the molecule is [CH3][Ge]([CH3])([CH3])[CH]1CC(=O)C[CH]([Ge]([CH3])([CH3])[CH3])C1. The van der Waals surface area contributed by atoms with Crippen LogP contribution in [0.3, 0.4) is 0 Å². The Morgan fingerprint density at radius 3 is 1.47 bits per heavy atom. The molecule has 0 spiro atoms. The van der Waals surface area contributed by atoms with Crippen molar-refractivity contribution in [2.75, 3.05) is 0 Å². The van der Waals surface area contributed by atoms with Gasteiger partial charge in [0.05, 0.1) is 0 Å². The quantitative estimate of drug-likeness (QED) is 0.695. The van der Waals surface area contributed by atoms with Gasteiger partial charge in [-0.1, -0.05) is 0 Å². The molecular weight excluding hydrogens is 305 g/mol. The molecule has 2 atom stereocenters. The minimum absolute atomic E-state index is 0.567. The Labute approximate surface area is 100 Å². The van der Waals surface area contributed by atoms with Gasteiger partial charge in [-0.3, -0.25) is 0 Å². The van der Waals surface area contributed by atoms with Gasteiger partial charge in [-0.25, -0.2) is 0 Å². The number of carbonyl (C=O) groups is 1. The molecule has 0 heterocycles. The van der Waals surface area contributed by atoms with E-state index in [1.165, 1.54) is 6.42 Å². The number of rotatable bonds is 2. The van der Waals surface area contributed by atoms with E-state index in [0.29, 0.717) is 5.78 Å². The molecule has 15 heavy (non-hydrogen) atoms. The summed E-state index contributed by atoms with van der Waals surface area (Å²) in [5.41, 5.74) is 0. The number of Topliss-reactive ketones (excluding diaryl/α,β-unsaturated/α-hetero) is 1. The molecule has 0 saturated heterocycles. The standard InChI is InChI=1S/C12H26Ge2O/c1-13(2,3)10-7-11(14(4,5)6)9-12(15)8-10/h10-11H,7-9H2,1-6H3. The van der Waals surface area contributed by atoms with E-state index in [2.05, 4.69) is 34.5 Å². The summed E-state index contributed by atoms with van der Waals surface area (Å²) in [7, 11) is 0. The first-order valence-corrected chi connectivity index (χ1v) is 21.1. The average Bonchev–Trinajstić information content (AvgIpc) is 1.99. The second-order valence-corrected chi connectivity index (χ2v) is 30.6. The monoisotopic (exact) mass is 334 g/mol. The van der Waals surface area contributed by atoms with Gasteiger partial charge in [0.2, 0.25) is 0 Å². The van der Waals surface area contributed by atoms with Crippen LogP contribution in [-0.4, -0.2) is 32.3 Å². The molecule has 1 fully saturated rings. The molecule has 0 amide bonds. The van der Waals surface area contributed by atoms with Gasteiger partial charge < -0.3 is 0 Å². The zero-order valence-corrected chi connectivity index (χ0v) is 15.4. The van der Waals surface area contributed by atoms with Crippen LogP contribution in [-0.2, 0) is 4.79 Å². The Morgan fingerprint density at radius 2 is 1.20 bits per heavy atom. The van der Waals surface area contributed by atoms with Crippen molar-refractivity contribution in [3.8, 4) is 0 Å². The Kier molecular flexibility index (Phi) is 4.20. The Balaban J connectivity index is 2.77. The van der Waals surface area contributed by atoms with Crippen LogP contribution >= 0.6 is 0 Å². The van der Waals surface area contributed by atoms with Crippen LogP contribution in [0.15, 0.2) is 0 Å².